The third-order valence-electron chi connectivity index (χ3n) is 2.24. The van der Waals surface area contributed by atoms with Crippen LogP contribution < -0.4 is 15.8 Å². The summed E-state index contributed by atoms with van der Waals surface area (Å²) in [5, 5.41) is 3.10. The van der Waals surface area contributed by atoms with Crippen LogP contribution in [-0.2, 0) is 6.42 Å². The van der Waals surface area contributed by atoms with Crippen molar-refractivity contribution in [2.24, 2.45) is 5.92 Å². The molecule has 18 heavy (non-hydrogen) atoms. The second-order valence-corrected chi connectivity index (χ2v) is 4.41. The number of hydrogen-bond donors (Lipinski definition) is 2. The van der Waals surface area contributed by atoms with E-state index in [0.717, 1.165) is 12.2 Å². The van der Waals surface area contributed by atoms with Crippen molar-refractivity contribution in [2.45, 2.75) is 27.2 Å². The Morgan fingerprint density at radius 3 is 2.72 bits per heavy atom. The first kappa shape index (κ1) is 14.3. The molecule has 0 fully saturated rings. The van der Waals surface area contributed by atoms with Gasteiger partial charge < -0.3 is 15.8 Å². The van der Waals surface area contributed by atoms with Gasteiger partial charge in [0, 0.05) is 13.0 Å². The van der Waals surface area contributed by atoms with Crippen molar-refractivity contribution in [3.8, 4) is 5.88 Å². The monoisotopic (exact) mass is 250 g/mol. The maximum Gasteiger partial charge on any atom is 0.242 e. The molecule has 3 N–H and O–H groups in total. The van der Waals surface area contributed by atoms with Gasteiger partial charge in [-0.2, -0.15) is 4.98 Å². The Morgan fingerprint density at radius 1 is 1.44 bits per heavy atom. The summed E-state index contributed by atoms with van der Waals surface area (Å²) in [5.74, 6) is 2.29. The van der Waals surface area contributed by atoms with Crippen molar-refractivity contribution < 1.29 is 4.74 Å². The number of nitrogens with zero attached hydrogens (tertiary/aromatic N) is 2. The molecule has 0 bridgehead atoms. The Kier molecular flexibility index (Phi) is 5.42. The van der Waals surface area contributed by atoms with E-state index < -0.39 is 0 Å². The van der Waals surface area contributed by atoms with E-state index in [1.165, 1.54) is 0 Å². The van der Waals surface area contributed by atoms with Gasteiger partial charge in [-0.1, -0.05) is 19.9 Å². The molecule has 0 aliphatic carbocycles. The van der Waals surface area contributed by atoms with Gasteiger partial charge in [-0.25, -0.2) is 4.98 Å². The molecule has 0 aromatic carbocycles. The molecule has 5 heteroatoms. The summed E-state index contributed by atoms with van der Waals surface area (Å²) in [5.41, 5.74) is 6.41. The van der Waals surface area contributed by atoms with Crippen molar-refractivity contribution in [2.75, 3.05) is 24.2 Å². The molecule has 1 rings (SSSR count). The number of hydrogen-bond acceptors (Lipinski definition) is 5. The minimum absolute atomic E-state index is 0.450. The minimum atomic E-state index is 0.450. The Hall–Kier alpha value is -1.78. The summed E-state index contributed by atoms with van der Waals surface area (Å²) in [4.78, 5) is 8.76. The molecule has 100 valence electrons. The molecule has 0 spiro atoms. The summed E-state index contributed by atoms with van der Waals surface area (Å²) in [6.07, 6.45) is 2.55. The summed E-state index contributed by atoms with van der Waals surface area (Å²) < 4.78 is 5.44. The molecule has 1 aromatic rings. The average Bonchev–Trinajstić information content (AvgIpc) is 2.31. The van der Waals surface area contributed by atoms with Gasteiger partial charge >= 0.3 is 0 Å². The minimum Gasteiger partial charge on any atom is -0.476 e. The SMILES string of the molecule is C=CCNc1nc(CC(C)C)nc(OCC)c1N. The Labute approximate surface area is 108 Å². The van der Waals surface area contributed by atoms with Crippen molar-refractivity contribution in [3.63, 3.8) is 0 Å². The normalized spacial score (nSPS) is 10.4. The lowest BCUT2D eigenvalue weighted by Gasteiger charge is -2.13. The molecular formula is C13H22N4O. The summed E-state index contributed by atoms with van der Waals surface area (Å²) in [6.45, 7) is 10.9. The molecule has 0 unspecified atom stereocenters. The maximum atomic E-state index is 5.96. The zero-order valence-corrected chi connectivity index (χ0v) is 11.4. The van der Waals surface area contributed by atoms with E-state index in [1.54, 1.807) is 6.08 Å². The molecule has 0 amide bonds. The second-order valence-electron chi connectivity index (χ2n) is 4.41. The smallest absolute Gasteiger partial charge is 0.242 e. The molecular weight excluding hydrogens is 228 g/mol. The molecule has 1 aromatic heterocycles. The van der Waals surface area contributed by atoms with Gasteiger partial charge in [-0.15, -0.1) is 6.58 Å². The lowest BCUT2D eigenvalue weighted by molar-refractivity contribution is 0.326. The lowest BCUT2D eigenvalue weighted by Crippen LogP contribution is -2.12. The molecule has 0 radical (unpaired) electrons. The molecule has 0 aliphatic heterocycles. The van der Waals surface area contributed by atoms with E-state index in [-0.39, 0.29) is 0 Å². The van der Waals surface area contributed by atoms with E-state index in [9.17, 15) is 0 Å². The van der Waals surface area contributed by atoms with Crippen LogP contribution in [0.4, 0.5) is 11.5 Å². The number of anilines is 2. The van der Waals surface area contributed by atoms with Crippen LogP contribution in [0.15, 0.2) is 12.7 Å². The predicted octanol–water partition coefficient (Wildman–Crippen LogP) is 2.25. The fourth-order valence-electron chi connectivity index (χ4n) is 1.50. The second kappa shape index (κ2) is 6.83. The highest BCUT2D eigenvalue weighted by atomic mass is 16.5. The number of aromatic nitrogens is 2. The van der Waals surface area contributed by atoms with Crippen LogP contribution >= 0.6 is 0 Å². The van der Waals surface area contributed by atoms with Crippen LogP contribution in [0.25, 0.3) is 0 Å². The topological polar surface area (TPSA) is 73.1 Å². The van der Waals surface area contributed by atoms with Gasteiger partial charge in [0.05, 0.1) is 6.61 Å². The van der Waals surface area contributed by atoms with E-state index in [0.29, 0.717) is 36.5 Å². The highest BCUT2D eigenvalue weighted by Crippen LogP contribution is 2.26. The van der Waals surface area contributed by atoms with Gasteiger partial charge in [-0.3, -0.25) is 0 Å². The highest BCUT2D eigenvalue weighted by molar-refractivity contribution is 5.67. The molecule has 1 heterocycles. The molecule has 0 aliphatic rings. The Bertz CT molecular complexity index is 404. The molecule has 0 saturated carbocycles. The third kappa shape index (κ3) is 3.91. The van der Waals surface area contributed by atoms with Crippen LogP contribution in [0.2, 0.25) is 0 Å². The van der Waals surface area contributed by atoms with Gasteiger partial charge in [-0.05, 0) is 12.8 Å². The summed E-state index contributed by atoms with van der Waals surface area (Å²) in [7, 11) is 0. The van der Waals surface area contributed by atoms with Crippen LogP contribution in [-0.4, -0.2) is 23.1 Å². The fraction of sp³-hybridized carbons (Fsp3) is 0.538. The summed E-state index contributed by atoms with van der Waals surface area (Å²) >= 11 is 0. The lowest BCUT2D eigenvalue weighted by atomic mass is 10.1. The van der Waals surface area contributed by atoms with Crippen LogP contribution in [0, 0.1) is 5.92 Å². The third-order valence-corrected chi connectivity index (χ3v) is 2.24. The van der Waals surface area contributed by atoms with Crippen molar-refractivity contribution in [3.05, 3.63) is 18.5 Å². The standard InChI is InChI=1S/C13H22N4O/c1-5-7-15-12-11(14)13(18-6-2)17-10(16-12)8-9(3)4/h5,9H,1,6-8,14H2,2-4H3,(H,15,16,17). The van der Waals surface area contributed by atoms with Gasteiger partial charge in [0.15, 0.2) is 5.82 Å². The Balaban J connectivity index is 3.05. The van der Waals surface area contributed by atoms with E-state index in [1.807, 2.05) is 6.92 Å². The first-order valence-corrected chi connectivity index (χ1v) is 6.22. The largest absolute Gasteiger partial charge is 0.476 e. The quantitative estimate of drug-likeness (QED) is 0.726. The van der Waals surface area contributed by atoms with Gasteiger partial charge in [0.1, 0.15) is 11.5 Å². The number of nitrogens with two attached hydrogens (primary N) is 1. The summed E-state index contributed by atoms with van der Waals surface area (Å²) in [6, 6.07) is 0. The molecule has 5 nitrogen and oxygen atoms in total. The highest BCUT2D eigenvalue weighted by Gasteiger charge is 2.13. The molecule has 0 atom stereocenters. The van der Waals surface area contributed by atoms with Crippen molar-refractivity contribution in [1.82, 2.24) is 9.97 Å². The van der Waals surface area contributed by atoms with Gasteiger partial charge in [0.2, 0.25) is 5.88 Å². The average molecular weight is 250 g/mol. The van der Waals surface area contributed by atoms with Crippen LogP contribution in [0.5, 0.6) is 5.88 Å². The first-order valence-electron chi connectivity index (χ1n) is 6.22. The number of nitrogen functional groups attached to an aromatic ring is 1. The van der Waals surface area contributed by atoms with Crippen LogP contribution in [0.3, 0.4) is 0 Å². The van der Waals surface area contributed by atoms with Crippen LogP contribution in [0.1, 0.15) is 26.6 Å². The van der Waals surface area contributed by atoms with E-state index in [4.69, 9.17) is 10.5 Å². The number of nitrogens with one attached hydrogen (secondary N) is 1. The Morgan fingerprint density at radius 2 is 2.17 bits per heavy atom. The van der Waals surface area contributed by atoms with Crippen molar-refractivity contribution in [1.29, 1.82) is 0 Å². The maximum absolute atomic E-state index is 5.96. The zero-order valence-electron chi connectivity index (χ0n) is 11.4. The van der Waals surface area contributed by atoms with Gasteiger partial charge in [0.25, 0.3) is 0 Å². The fourth-order valence-corrected chi connectivity index (χ4v) is 1.50. The van der Waals surface area contributed by atoms with Crippen molar-refractivity contribution >= 4 is 11.5 Å². The zero-order chi connectivity index (χ0) is 13.5. The molecule has 0 saturated heterocycles. The van der Waals surface area contributed by atoms with E-state index in [2.05, 4.69) is 35.7 Å². The van der Waals surface area contributed by atoms with E-state index >= 15 is 0 Å². The first-order chi connectivity index (χ1) is 8.58. The number of ether oxygens (including phenoxy) is 1. The predicted molar refractivity (Wildman–Crippen MR) is 74.8 cm³/mol. The number of rotatable bonds is 7.